The molecule has 2 aliphatic carbocycles. The van der Waals surface area contributed by atoms with Gasteiger partial charge in [-0.1, -0.05) is 50.4 Å². The van der Waals surface area contributed by atoms with E-state index in [0.29, 0.717) is 44.9 Å². The number of fused-ring (bicyclic) bond motifs is 3. The van der Waals surface area contributed by atoms with Crippen LogP contribution in [-0.4, -0.2) is 61.5 Å². The topological polar surface area (TPSA) is 101 Å². The monoisotopic (exact) mass is 863 g/mol. The molecule has 0 bridgehead atoms. The molecule has 3 aliphatic rings. The Hall–Kier alpha value is -4.42. The molecule has 1 aliphatic heterocycles. The Kier molecular flexibility index (Phi) is 12.1. The van der Waals surface area contributed by atoms with Gasteiger partial charge in [-0.05, 0) is 104 Å². The maximum Gasteiger partial charge on any atom is 0.431 e. The third-order valence-electron chi connectivity index (χ3n) is 11.9. The number of hydrogen-bond acceptors (Lipinski definition) is 6. The molecule has 2 saturated carbocycles. The molecular formula is C43H45ClF7N5O2S. The van der Waals surface area contributed by atoms with Crippen LogP contribution in [0.1, 0.15) is 88.0 Å². The maximum atomic E-state index is 15.8. The van der Waals surface area contributed by atoms with E-state index >= 15 is 8.78 Å². The van der Waals surface area contributed by atoms with E-state index < -0.39 is 93.2 Å². The Balaban J connectivity index is 1.52. The minimum absolute atomic E-state index is 0.0756. The van der Waals surface area contributed by atoms with Gasteiger partial charge >= 0.3 is 6.18 Å². The smallest absolute Gasteiger partial charge is 0.398 e. The van der Waals surface area contributed by atoms with Gasteiger partial charge in [-0.2, -0.15) is 18.3 Å². The third-order valence-corrected chi connectivity index (χ3v) is 13.7. The second-order valence-corrected chi connectivity index (χ2v) is 18.4. The van der Waals surface area contributed by atoms with Crippen LogP contribution in [0.2, 0.25) is 5.02 Å². The van der Waals surface area contributed by atoms with Gasteiger partial charge in [0.2, 0.25) is 5.91 Å². The molecule has 6 rings (SSSR count). The number of alkyl halides is 5. The van der Waals surface area contributed by atoms with E-state index in [0.717, 1.165) is 17.7 Å². The molecule has 3 aromatic rings. The lowest BCUT2D eigenvalue weighted by molar-refractivity contribution is -0.127. The summed E-state index contributed by atoms with van der Waals surface area (Å²) in [5, 5.41) is 7.24. The lowest BCUT2D eigenvalue weighted by Gasteiger charge is -2.31. The van der Waals surface area contributed by atoms with Crippen molar-refractivity contribution in [3.8, 4) is 23.0 Å². The third kappa shape index (κ3) is 8.49. The number of allylic oxidation sites excluding steroid dienone is 1. The fourth-order valence-corrected chi connectivity index (χ4v) is 9.00. The highest BCUT2D eigenvalue weighted by Gasteiger charge is 2.80. The number of rotatable bonds is 11. The predicted molar refractivity (Wildman–Crippen MR) is 216 cm³/mol. The average Bonchev–Trinajstić information content (AvgIpc) is 3.56. The summed E-state index contributed by atoms with van der Waals surface area (Å²) in [6, 6.07) is 6.21. The SMILES string of the molecule is C/C=C(/N)c1c(Cl)ccc(-c2ccc(C#CC(C)(C)S(C)=O)nc2C(Cc2cc(F)cc(F)c2)NC(=O)CN2N=C(C(F)(F)F)C3C4C(C)C4C(F)(F)C32)c1C(C)CC. The van der Waals surface area contributed by atoms with Crippen LogP contribution in [-0.2, 0) is 22.0 Å². The molecule has 8 unspecified atom stereocenters. The van der Waals surface area contributed by atoms with E-state index in [1.807, 2.05) is 13.8 Å². The van der Waals surface area contributed by atoms with Gasteiger partial charge in [-0.3, -0.25) is 14.0 Å². The molecule has 8 atom stereocenters. The summed E-state index contributed by atoms with van der Waals surface area (Å²) in [4.78, 5) is 19.0. The van der Waals surface area contributed by atoms with Gasteiger partial charge in [0.15, 0.2) is 0 Å². The minimum Gasteiger partial charge on any atom is -0.398 e. The summed E-state index contributed by atoms with van der Waals surface area (Å²) >= 11 is 6.76. The van der Waals surface area contributed by atoms with Gasteiger partial charge in [-0.25, -0.2) is 22.5 Å². The number of hydrogen-bond donors (Lipinski definition) is 2. The zero-order valence-electron chi connectivity index (χ0n) is 33.4. The van der Waals surface area contributed by atoms with E-state index in [-0.39, 0.29) is 29.3 Å². The largest absolute Gasteiger partial charge is 0.431 e. The number of carbonyl (C=O) groups excluding carboxylic acids is 1. The summed E-state index contributed by atoms with van der Waals surface area (Å²) in [6.07, 6.45) is -1.48. The predicted octanol–water partition coefficient (Wildman–Crippen LogP) is 9.17. The number of nitrogens with one attached hydrogen (secondary N) is 1. The molecule has 316 valence electrons. The quantitative estimate of drug-likeness (QED) is 0.148. The Morgan fingerprint density at radius 2 is 1.76 bits per heavy atom. The number of amides is 1. The van der Waals surface area contributed by atoms with Crippen LogP contribution in [0, 0.1) is 47.1 Å². The molecule has 0 saturated heterocycles. The molecule has 1 aromatic heterocycles. The highest BCUT2D eigenvalue weighted by Crippen LogP contribution is 2.70. The van der Waals surface area contributed by atoms with Gasteiger partial charge < -0.3 is 11.1 Å². The van der Waals surface area contributed by atoms with Gasteiger partial charge in [0.25, 0.3) is 5.92 Å². The molecule has 0 radical (unpaired) electrons. The summed E-state index contributed by atoms with van der Waals surface area (Å²) in [6.45, 7) is 9.56. The lowest BCUT2D eigenvalue weighted by Crippen LogP contribution is -2.50. The van der Waals surface area contributed by atoms with Crippen LogP contribution < -0.4 is 11.1 Å². The number of hydrazone groups is 1. The summed E-state index contributed by atoms with van der Waals surface area (Å²) in [5.41, 5.74) is 8.21. The van der Waals surface area contributed by atoms with Crippen molar-refractivity contribution in [1.82, 2.24) is 15.3 Å². The second-order valence-electron chi connectivity index (χ2n) is 16.1. The second kappa shape index (κ2) is 16.2. The first-order chi connectivity index (χ1) is 27.5. The highest BCUT2D eigenvalue weighted by molar-refractivity contribution is 7.85. The van der Waals surface area contributed by atoms with Gasteiger partial charge in [0.1, 0.15) is 40.4 Å². The number of halogens is 8. The van der Waals surface area contributed by atoms with Gasteiger partial charge in [-0.15, -0.1) is 0 Å². The lowest BCUT2D eigenvalue weighted by atomic mass is 9.83. The Morgan fingerprint density at radius 3 is 2.36 bits per heavy atom. The first-order valence-electron chi connectivity index (χ1n) is 19.2. The van der Waals surface area contributed by atoms with E-state index in [2.05, 4.69) is 22.3 Å². The molecule has 2 fully saturated rings. The van der Waals surface area contributed by atoms with Crippen LogP contribution in [0.3, 0.4) is 0 Å². The molecule has 1 amide bonds. The molecule has 16 heteroatoms. The fraction of sp³-hybridized carbons (Fsp3) is 0.465. The van der Waals surface area contributed by atoms with Crippen LogP contribution in [0.4, 0.5) is 30.7 Å². The van der Waals surface area contributed by atoms with Crippen LogP contribution in [0.5, 0.6) is 0 Å². The van der Waals surface area contributed by atoms with Crippen molar-refractivity contribution in [2.24, 2.45) is 34.5 Å². The van der Waals surface area contributed by atoms with Gasteiger partial charge in [0.05, 0.1) is 16.8 Å². The zero-order chi connectivity index (χ0) is 43.5. The van der Waals surface area contributed by atoms with Crippen molar-refractivity contribution in [2.75, 3.05) is 12.8 Å². The van der Waals surface area contributed by atoms with Crippen molar-refractivity contribution in [3.05, 3.63) is 93.3 Å². The van der Waals surface area contributed by atoms with E-state index in [1.54, 1.807) is 51.1 Å². The number of aromatic nitrogens is 1. The number of pyridine rings is 1. The van der Waals surface area contributed by atoms with Crippen molar-refractivity contribution in [1.29, 1.82) is 0 Å². The van der Waals surface area contributed by atoms with Crippen molar-refractivity contribution < 1.29 is 39.7 Å². The standard InChI is InChI=1S/C43H45ClF7N5O2S/c1-8-21(3)33-27(12-13-29(44)35(33)30(52)9-2)28-11-10-26(14-15-41(5,6)59(7)58)53-38(28)31(18-23-16-24(45)19-25(46)17-23)54-32(57)20-56-40-36(39(55-56)43(49,50)51)34-22(4)37(34)42(40,47)48/h9-13,16-17,19,21-22,31,34,36-37,40H,8,18,20,52H2,1-7H3,(H,54,57)/b30-9+. The summed E-state index contributed by atoms with van der Waals surface area (Å²) in [5.74, 6) is -5.11. The Labute approximate surface area is 346 Å². The number of nitrogens with two attached hydrogens (primary N) is 1. The molecule has 2 heterocycles. The maximum absolute atomic E-state index is 15.8. The zero-order valence-corrected chi connectivity index (χ0v) is 35.0. The molecule has 2 aromatic carbocycles. The van der Waals surface area contributed by atoms with Crippen LogP contribution in [0.15, 0.2) is 53.6 Å². The fourth-order valence-electron chi connectivity index (χ4n) is 8.53. The Bertz CT molecular complexity index is 2300. The normalized spacial score (nSPS) is 23.7. The molecule has 59 heavy (non-hydrogen) atoms. The number of carbonyl (C=O) groups is 1. The van der Waals surface area contributed by atoms with Crippen molar-refractivity contribution >= 4 is 39.7 Å². The minimum atomic E-state index is -5.01. The van der Waals surface area contributed by atoms with Crippen LogP contribution in [0.25, 0.3) is 16.8 Å². The highest BCUT2D eigenvalue weighted by atomic mass is 35.5. The van der Waals surface area contributed by atoms with Crippen molar-refractivity contribution in [3.63, 3.8) is 0 Å². The average molecular weight is 864 g/mol. The summed E-state index contributed by atoms with van der Waals surface area (Å²) in [7, 11) is -1.38. The molecule has 7 nitrogen and oxygen atoms in total. The first-order valence-corrected chi connectivity index (χ1v) is 21.1. The van der Waals surface area contributed by atoms with E-state index in [1.165, 1.54) is 13.2 Å². The van der Waals surface area contributed by atoms with Crippen LogP contribution >= 0.6 is 11.6 Å². The number of nitrogens with zero attached hydrogens (tertiary/aromatic N) is 3. The van der Waals surface area contributed by atoms with Gasteiger partial charge in [0, 0.05) is 51.8 Å². The Morgan fingerprint density at radius 1 is 1.12 bits per heavy atom. The van der Waals surface area contributed by atoms with E-state index in [4.69, 9.17) is 22.3 Å². The molecule has 3 N–H and O–H groups in total. The summed E-state index contributed by atoms with van der Waals surface area (Å²) < 4.78 is 115. The van der Waals surface area contributed by atoms with Crippen molar-refractivity contribution in [2.45, 2.75) is 89.2 Å². The number of benzene rings is 2. The van der Waals surface area contributed by atoms with E-state index in [9.17, 15) is 31.0 Å². The molecule has 0 spiro atoms. The first kappa shape index (κ1) is 44.1. The molecular weight excluding hydrogens is 819 g/mol.